The van der Waals surface area contributed by atoms with E-state index in [1.807, 2.05) is 0 Å². The van der Waals surface area contributed by atoms with Gasteiger partial charge in [-0.15, -0.1) is 0 Å². The summed E-state index contributed by atoms with van der Waals surface area (Å²) in [5.74, 6) is -0.897. The van der Waals surface area contributed by atoms with E-state index in [-0.39, 0.29) is 18.0 Å². The Morgan fingerprint density at radius 2 is 1.81 bits per heavy atom. The second-order valence-corrected chi connectivity index (χ2v) is 8.01. The molecule has 0 unspecified atom stereocenters. The Morgan fingerprint density at radius 1 is 1.09 bits per heavy atom. The molecule has 0 aliphatic carbocycles. The minimum absolute atomic E-state index is 0.0319. The first-order valence-corrected chi connectivity index (χ1v) is 10.6. The highest BCUT2D eigenvalue weighted by Crippen LogP contribution is 2.29. The number of benzene rings is 3. The molecule has 1 aliphatic rings. The molecular formula is C25H18BrFN2O3. The van der Waals surface area contributed by atoms with Crippen LogP contribution in [0.25, 0.3) is 6.08 Å². The van der Waals surface area contributed by atoms with Crippen LogP contribution in [0.3, 0.4) is 0 Å². The van der Waals surface area contributed by atoms with Gasteiger partial charge in [-0.3, -0.25) is 9.59 Å². The molecule has 0 atom stereocenters. The van der Waals surface area contributed by atoms with Crippen molar-refractivity contribution in [1.82, 2.24) is 5.01 Å². The molecule has 0 radical (unpaired) electrons. The summed E-state index contributed by atoms with van der Waals surface area (Å²) in [6, 6.07) is 20.2. The Bertz CT molecular complexity index is 1260. The predicted octanol–water partition coefficient (Wildman–Crippen LogP) is 5.61. The van der Waals surface area contributed by atoms with Gasteiger partial charge in [-0.25, -0.2) is 4.39 Å². The molecule has 0 N–H and O–H groups in total. The summed E-state index contributed by atoms with van der Waals surface area (Å²) in [6.45, 7) is 1.70. The summed E-state index contributed by atoms with van der Waals surface area (Å²) in [5.41, 5.74) is 2.09. The van der Waals surface area contributed by atoms with Crippen LogP contribution in [0.5, 0.6) is 5.75 Å². The van der Waals surface area contributed by atoms with Crippen molar-refractivity contribution in [3.8, 4) is 5.75 Å². The molecule has 160 valence electrons. The second kappa shape index (κ2) is 9.28. The van der Waals surface area contributed by atoms with Gasteiger partial charge in [-0.1, -0.05) is 52.3 Å². The van der Waals surface area contributed by atoms with E-state index in [9.17, 15) is 14.0 Å². The van der Waals surface area contributed by atoms with Crippen LogP contribution in [0.2, 0.25) is 0 Å². The maximum absolute atomic E-state index is 13.9. The lowest BCUT2D eigenvalue weighted by Gasteiger charge is -2.12. The average molecular weight is 493 g/mol. The molecule has 5 nitrogen and oxygen atoms in total. The van der Waals surface area contributed by atoms with Crippen LogP contribution in [0, 0.1) is 5.82 Å². The lowest BCUT2D eigenvalue weighted by molar-refractivity contribution is -0.123. The van der Waals surface area contributed by atoms with E-state index in [2.05, 4.69) is 21.0 Å². The third-order valence-electron chi connectivity index (χ3n) is 4.89. The molecule has 0 fully saturated rings. The van der Waals surface area contributed by atoms with Crippen molar-refractivity contribution >= 4 is 39.5 Å². The van der Waals surface area contributed by atoms with Gasteiger partial charge in [0.25, 0.3) is 11.8 Å². The summed E-state index contributed by atoms with van der Waals surface area (Å²) in [4.78, 5) is 25.7. The van der Waals surface area contributed by atoms with Gasteiger partial charge in [-0.05, 0) is 49.4 Å². The molecule has 1 aliphatic heterocycles. The fourth-order valence-electron chi connectivity index (χ4n) is 3.21. The Labute approximate surface area is 192 Å². The number of halogens is 2. The van der Waals surface area contributed by atoms with E-state index in [1.54, 1.807) is 79.7 Å². The molecule has 3 aromatic carbocycles. The Morgan fingerprint density at radius 3 is 2.56 bits per heavy atom. The van der Waals surface area contributed by atoms with Crippen molar-refractivity contribution < 1.29 is 18.7 Å². The predicted molar refractivity (Wildman–Crippen MR) is 124 cm³/mol. The third-order valence-corrected chi connectivity index (χ3v) is 5.38. The van der Waals surface area contributed by atoms with E-state index < -0.39 is 11.8 Å². The molecule has 4 rings (SSSR count). The lowest BCUT2D eigenvalue weighted by atomic mass is 10.1. The number of carbonyl (C=O) groups excluding carboxylic acids is 2. The highest BCUT2D eigenvalue weighted by Gasteiger charge is 2.33. The molecule has 0 spiro atoms. The fourth-order valence-corrected chi connectivity index (χ4v) is 3.59. The zero-order chi connectivity index (χ0) is 22.7. The quantitative estimate of drug-likeness (QED) is 0.343. The van der Waals surface area contributed by atoms with Gasteiger partial charge in [0.05, 0.1) is 11.3 Å². The maximum Gasteiger partial charge on any atom is 0.283 e. The molecule has 0 aromatic heterocycles. The van der Waals surface area contributed by atoms with Gasteiger partial charge < -0.3 is 4.74 Å². The molecule has 0 saturated heterocycles. The SMILES string of the molecule is CC1=NN(C(=O)c2ccccc2)C(=O)/C1=C/c1cc(Br)ccc1OCc1ccccc1F. The van der Waals surface area contributed by atoms with E-state index >= 15 is 0 Å². The number of ether oxygens (including phenoxy) is 1. The molecular weight excluding hydrogens is 475 g/mol. The van der Waals surface area contributed by atoms with Crippen LogP contribution in [0.15, 0.2) is 87.9 Å². The zero-order valence-corrected chi connectivity index (χ0v) is 18.7. The lowest BCUT2D eigenvalue weighted by Crippen LogP contribution is -2.29. The van der Waals surface area contributed by atoms with Crippen molar-refractivity contribution in [2.45, 2.75) is 13.5 Å². The van der Waals surface area contributed by atoms with Crippen molar-refractivity contribution in [3.63, 3.8) is 0 Å². The Balaban J connectivity index is 1.61. The van der Waals surface area contributed by atoms with Crippen LogP contribution in [-0.4, -0.2) is 22.5 Å². The van der Waals surface area contributed by atoms with Crippen molar-refractivity contribution in [3.05, 3.63) is 105 Å². The van der Waals surface area contributed by atoms with Crippen molar-refractivity contribution in [1.29, 1.82) is 0 Å². The van der Waals surface area contributed by atoms with Crippen LogP contribution in [-0.2, 0) is 11.4 Å². The number of carbonyl (C=O) groups is 2. The summed E-state index contributed by atoms with van der Waals surface area (Å²) < 4.78 is 20.6. The maximum atomic E-state index is 13.9. The molecule has 7 heteroatoms. The van der Waals surface area contributed by atoms with E-state index in [0.29, 0.717) is 28.2 Å². The van der Waals surface area contributed by atoms with E-state index in [0.717, 1.165) is 9.48 Å². The molecule has 0 bridgehead atoms. The van der Waals surface area contributed by atoms with Gasteiger partial charge in [0.1, 0.15) is 18.2 Å². The number of hydrazone groups is 1. The minimum Gasteiger partial charge on any atom is -0.488 e. The minimum atomic E-state index is -0.517. The molecule has 3 aromatic rings. The number of imide groups is 1. The van der Waals surface area contributed by atoms with Crippen LogP contribution >= 0.6 is 15.9 Å². The highest BCUT2D eigenvalue weighted by atomic mass is 79.9. The standard InChI is InChI=1S/C25H18BrFN2O3/c1-16-21(25(31)29(28-16)24(30)17-7-3-2-4-8-17)14-19-13-20(26)11-12-23(19)32-15-18-9-5-6-10-22(18)27/h2-14H,15H2,1H3/b21-14+. The normalized spacial score (nSPS) is 14.6. The van der Waals surface area contributed by atoms with Crippen LogP contribution < -0.4 is 4.74 Å². The van der Waals surface area contributed by atoms with Crippen molar-refractivity contribution in [2.75, 3.05) is 0 Å². The third kappa shape index (κ3) is 4.53. The monoisotopic (exact) mass is 492 g/mol. The molecule has 1 heterocycles. The van der Waals surface area contributed by atoms with Crippen molar-refractivity contribution in [2.24, 2.45) is 5.10 Å². The topological polar surface area (TPSA) is 59.0 Å². The number of hydrogen-bond donors (Lipinski definition) is 0. The summed E-state index contributed by atoms with van der Waals surface area (Å²) in [6.07, 6.45) is 1.63. The largest absolute Gasteiger partial charge is 0.488 e. The average Bonchev–Trinajstić information content (AvgIpc) is 3.08. The second-order valence-electron chi connectivity index (χ2n) is 7.09. The summed E-state index contributed by atoms with van der Waals surface area (Å²) in [7, 11) is 0. The fraction of sp³-hybridized carbons (Fsp3) is 0.0800. The molecule has 32 heavy (non-hydrogen) atoms. The van der Waals surface area contributed by atoms with Gasteiger partial charge in [0.2, 0.25) is 0 Å². The van der Waals surface area contributed by atoms with Gasteiger partial charge in [0, 0.05) is 21.2 Å². The molecule has 0 saturated carbocycles. The number of hydrogen-bond acceptors (Lipinski definition) is 4. The Kier molecular flexibility index (Phi) is 6.28. The van der Waals surface area contributed by atoms with Gasteiger partial charge >= 0.3 is 0 Å². The van der Waals surface area contributed by atoms with Crippen LogP contribution in [0.1, 0.15) is 28.4 Å². The first-order chi connectivity index (χ1) is 15.4. The Hall–Kier alpha value is -3.58. The summed E-state index contributed by atoms with van der Waals surface area (Å²) >= 11 is 3.42. The highest BCUT2D eigenvalue weighted by molar-refractivity contribution is 9.10. The van der Waals surface area contributed by atoms with Gasteiger partial charge in [-0.2, -0.15) is 10.1 Å². The number of amides is 2. The summed E-state index contributed by atoms with van der Waals surface area (Å²) in [5, 5.41) is 5.03. The van der Waals surface area contributed by atoms with Gasteiger partial charge in [0.15, 0.2) is 0 Å². The number of nitrogens with zero attached hydrogens (tertiary/aromatic N) is 2. The smallest absolute Gasteiger partial charge is 0.283 e. The first kappa shape index (κ1) is 21.6. The van der Waals surface area contributed by atoms with E-state index in [1.165, 1.54) is 6.07 Å². The zero-order valence-electron chi connectivity index (χ0n) is 17.1. The van der Waals surface area contributed by atoms with Crippen LogP contribution in [0.4, 0.5) is 4.39 Å². The van der Waals surface area contributed by atoms with E-state index in [4.69, 9.17) is 4.74 Å². The first-order valence-electron chi connectivity index (χ1n) is 9.81. The molecule has 2 amide bonds. The number of rotatable bonds is 5.